The maximum Gasteiger partial charge on any atom is 0.311 e. The standard InChI is InChI=1S/C11H10BrFN2O3/c1-18-11(17)6-2-9(16)15(5-6)10-8(12)3-7(13)4-14-10/h3-4,6H,2,5H2,1H3. The molecule has 1 aromatic heterocycles. The Bertz CT molecular complexity index is 509. The molecule has 1 atom stereocenters. The fourth-order valence-corrected chi connectivity index (χ4v) is 2.38. The van der Waals surface area contributed by atoms with Crippen LogP contribution in [0.25, 0.3) is 0 Å². The lowest BCUT2D eigenvalue weighted by Gasteiger charge is -2.16. The Labute approximate surface area is 111 Å². The summed E-state index contributed by atoms with van der Waals surface area (Å²) in [4.78, 5) is 28.4. The highest BCUT2D eigenvalue weighted by Crippen LogP contribution is 2.30. The molecule has 0 aliphatic carbocycles. The minimum atomic E-state index is -0.499. The second kappa shape index (κ2) is 5.01. The fourth-order valence-electron chi connectivity index (χ4n) is 1.84. The summed E-state index contributed by atoms with van der Waals surface area (Å²) < 4.78 is 17.9. The molecule has 1 amide bonds. The van der Waals surface area contributed by atoms with Gasteiger partial charge in [0.25, 0.3) is 0 Å². The Balaban J connectivity index is 2.24. The molecule has 0 aromatic carbocycles. The largest absolute Gasteiger partial charge is 0.469 e. The molecule has 1 unspecified atom stereocenters. The van der Waals surface area contributed by atoms with E-state index in [9.17, 15) is 14.0 Å². The monoisotopic (exact) mass is 316 g/mol. The van der Waals surface area contributed by atoms with Crippen LogP contribution in [0, 0.1) is 11.7 Å². The third-order valence-corrected chi connectivity index (χ3v) is 3.29. The van der Waals surface area contributed by atoms with Crippen molar-refractivity contribution in [3.8, 4) is 0 Å². The van der Waals surface area contributed by atoms with Gasteiger partial charge in [-0.25, -0.2) is 9.37 Å². The van der Waals surface area contributed by atoms with Crippen LogP contribution in [-0.4, -0.2) is 30.5 Å². The number of halogens is 2. The quantitative estimate of drug-likeness (QED) is 0.776. The number of hydrogen-bond acceptors (Lipinski definition) is 4. The Morgan fingerprint density at radius 3 is 3.00 bits per heavy atom. The van der Waals surface area contributed by atoms with Crippen LogP contribution in [0.3, 0.4) is 0 Å². The molecule has 0 bridgehead atoms. The highest BCUT2D eigenvalue weighted by atomic mass is 79.9. The highest BCUT2D eigenvalue weighted by Gasteiger charge is 2.37. The maximum atomic E-state index is 12.9. The molecule has 1 aliphatic heterocycles. The number of nitrogens with zero attached hydrogens (tertiary/aromatic N) is 2. The minimum Gasteiger partial charge on any atom is -0.469 e. The molecule has 2 rings (SSSR count). The van der Waals surface area contributed by atoms with Crippen LogP contribution in [0.4, 0.5) is 10.2 Å². The number of hydrogen-bond donors (Lipinski definition) is 0. The molecular weight excluding hydrogens is 307 g/mol. The number of carbonyl (C=O) groups excluding carboxylic acids is 2. The molecule has 5 nitrogen and oxygen atoms in total. The van der Waals surface area contributed by atoms with Gasteiger partial charge in [-0.2, -0.15) is 0 Å². The van der Waals surface area contributed by atoms with Gasteiger partial charge >= 0.3 is 5.97 Å². The second-order valence-electron chi connectivity index (χ2n) is 3.89. The Morgan fingerprint density at radius 1 is 1.67 bits per heavy atom. The van der Waals surface area contributed by atoms with Crippen LogP contribution in [0.15, 0.2) is 16.7 Å². The SMILES string of the molecule is COC(=O)C1CC(=O)N(c2ncc(F)cc2Br)C1. The summed E-state index contributed by atoms with van der Waals surface area (Å²) in [7, 11) is 1.28. The predicted octanol–water partition coefficient (Wildman–Crippen LogP) is 1.51. The average Bonchev–Trinajstić information content (AvgIpc) is 2.70. The van der Waals surface area contributed by atoms with Gasteiger partial charge in [-0.15, -0.1) is 0 Å². The number of carbonyl (C=O) groups is 2. The van der Waals surface area contributed by atoms with Crippen LogP contribution < -0.4 is 4.90 Å². The molecule has 0 N–H and O–H groups in total. The summed E-state index contributed by atoms with van der Waals surface area (Å²) in [5, 5.41) is 0. The van der Waals surface area contributed by atoms with E-state index in [1.165, 1.54) is 18.1 Å². The molecule has 1 aliphatic rings. The van der Waals surface area contributed by atoms with Gasteiger partial charge in [-0.1, -0.05) is 0 Å². The topological polar surface area (TPSA) is 59.5 Å². The molecule has 18 heavy (non-hydrogen) atoms. The lowest BCUT2D eigenvalue weighted by Crippen LogP contribution is -2.27. The zero-order valence-corrected chi connectivity index (χ0v) is 11.1. The summed E-state index contributed by atoms with van der Waals surface area (Å²) in [5.74, 6) is -1.34. The van der Waals surface area contributed by atoms with Crippen molar-refractivity contribution < 1.29 is 18.7 Å². The van der Waals surface area contributed by atoms with Crippen molar-refractivity contribution in [3.05, 3.63) is 22.6 Å². The first-order valence-electron chi connectivity index (χ1n) is 5.22. The molecule has 1 saturated heterocycles. The Morgan fingerprint density at radius 2 is 2.39 bits per heavy atom. The number of amides is 1. The van der Waals surface area contributed by atoms with Gasteiger partial charge in [0.15, 0.2) is 0 Å². The van der Waals surface area contributed by atoms with E-state index in [2.05, 4.69) is 25.7 Å². The number of ether oxygens (including phenoxy) is 1. The molecular formula is C11H10BrFN2O3. The Hall–Kier alpha value is -1.50. The molecule has 1 aromatic rings. The minimum absolute atomic E-state index is 0.0815. The van der Waals surface area contributed by atoms with E-state index in [0.29, 0.717) is 10.3 Å². The molecule has 7 heteroatoms. The second-order valence-corrected chi connectivity index (χ2v) is 4.74. The van der Waals surface area contributed by atoms with E-state index < -0.39 is 17.7 Å². The molecule has 1 fully saturated rings. The number of anilines is 1. The van der Waals surface area contributed by atoms with Gasteiger partial charge in [0, 0.05) is 13.0 Å². The van der Waals surface area contributed by atoms with Crippen LogP contribution in [0.5, 0.6) is 0 Å². The number of esters is 1. The van der Waals surface area contributed by atoms with Crippen molar-refractivity contribution in [2.45, 2.75) is 6.42 Å². The van der Waals surface area contributed by atoms with Gasteiger partial charge in [-0.3, -0.25) is 14.5 Å². The van der Waals surface area contributed by atoms with Crippen molar-refractivity contribution in [2.75, 3.05) is 18.6 Å². The number of rotatable bonds is 2. The van der Waals surface area contributed by atoms with Gasteiger partial charge in [0.05, 0.1) is 23.7 Å². The van der Waals surface area contributed by atoms with Crippen molar-refractivity contribution in [2.24, 2.45) is 5.92 Å². The van der Waals surface area contributed by atoms with Crippen molar-refractivity contribution >= 4 is 33.6 Å². The molecule has 0 saturated carbocycles. The fraction of sp³-hybridized carbons (Fsp3) is 0.364. The smallest absolute Gasteiger partial charge is 0.311 e. The van der Waals surface area contributed by atoms with E-state index in [1.54, 1.807) is 0 Å². The first-order chi connectivity index (χ1) is 8.52. The highest BCUT2D eigenvalue weighted by molar-refractivity contribution is 9.10. The third kappa shape index (κ3) is 2.35. The van der Waals surface area contributed by atoms with Crippen molar-refractivity contribution in [1.29, 1.82) is 0 Å². The number of pyridine rings is 1. The summed E-state index contributed by atoms with van der Waals surface area (Å²) >= 11 is 3.15. The predicted molar refractivity (Wildman–Crippen MR) is 64.4 cm³/mol. The maximum absolute atomic E-state index is 12.9. The molecule has 2 heterocycles. The van der Waals surface area contributed by atoms with Crippen molar-refractivity contribution in [1.82, 2.24) is 4.98 Å². The zero-order valence-electron chi connectivity index (χ0n) is 9.52. The van der Waals surface area contributed by atoms with Crippen LogP contribution in [0.1, 0.15) is 6.42 Å². The summed E-state index contributed by atoms with van der Waals surface area (Å²) in [6, 6.07) is 1.22. The first kappa shape index (κ1) is 12.9. The van der Waals surface area contributed by atoms with E-state index in [4.69, 9.17) is 0 Å². The van der Waals surface area contributed by atoms with E-state index in [1.807, 2.05) is 0 Å². The van der Waals surface area contributed by atoms with Crippen LogP contribution in [-0.2, 0) is 14.3 Å². The van der Waals surface area contributed by atoms with Crippen molar-refractivity contribution in [3.63, 3.8) is 0 Å². The first-order valence-corrected chi connectivity index (χ1v) is 6.01. The summed E-state index contributed by atoms with van der Waals surface area (Å²) in [6.07, 6.45) is 1.11. The molecule has 0 spiro atoms. The lowest BCUT2D eigenvalue weighted by molar-refractivity contribution is -0.145. The summed E-state index contributed by atoms with van der Waals surface area (Å²) in [6.45, 7) is 0.197. The zero-order chi connectivity index (χ0) is 13.3. The number of methoxy groups -OCH3 is 1. The van der Waals surface area contributed by atoms with Crippen LogP contribution in [0.2, 0.25) is 0 Å². The van der Waals surface area contributed by atoms with E-state index in [-0.39, 0.29) is 18.9 Å². The molecule has 96 valence electrons. The van der Waals surface area contributed by atoms with Gasteiger partial charge in [-0.05, 0) is 22.0 Å². The van der Waals surface area contributed by atoms with Gasteiger partial charge in [0.2, 0.25) is 5.91 Å². The van der Waals surface area contributed by atoms with E-state index in [0.717, 1.165) is 6.20 Å². The van der Waals surface area contributed by atoms with Gasteiger partial charge in [0.1, 0.15) is 11.6 Å². The van der Waals surface area contributed by atoms with Crippen LogP contribution >= 0.6 is 15.9 Å². The lowest BCUT2D eigenvalue weighted by atomic mass is 10.1. The van der Waals surface area contributed by atoms with E-state index >= 15 is 0 Å². The Kier molecular flexibility index (Phi) is 3.60. The normalized spacial score (nSPS) is 19.2. The summed E-state index contributed by atoms with van der Waals surface area (Å²) in [5.41, 5.74) is 0. The third-order valence-electron chi connectivity index (χ3n) is 2.70. The molecule has 0 radical (unpaired) electrons. The number of aromatic nitrogens is 1. The average molecular weight is 317 g/mol. The van der Waals surface area contributed by atoms with Gasteiger partial charge < -0.3 is 4.74 Å².